The highest BCUT2D eigenvalue weighted by molar-refractivity contribution is 5.82. The molecule has 0 saturated carbocycles. The Balaban J connectivity index is 1.94. The average Bonchev–Trinajstić information content (AvgIpc) is 2.48. The van der Waals surface area contributed by atoms with Crippen molar-refractivity contribution < 1.29 is 4.74 Å². The van der Waals surface area contributed by atoms with Crippen LogP contribution < -0.4 is 15.6 Å². The van der Waals surface area contributed by atoms with Crippen molar-refractivity contribution in [1.29, 1.82) is 0 Å². The topological polar surface area (TPSA) is 54.1 Å². The SMILES string of the molecule is CNCc1cccc(Oc2cc3ccccc3c(=O)[nH]2)c1. The van der Waals surface area contributed by atoms with Gasteiger partial charge in [-0.05, 0) is 36.2 Å². The summed E-state index contributed by atoms with van der Waals surface area (Å²) in [6.07, 6.45) is 0. The van der Waals surface area contributed by atoms with E-state index >= 15 is 0 Å². The molecule has 0 aliphatic heterocycles. The summed E-state index contributed by atoms with van der Waals surface area (Å²) in [6, 6.07) is 17.0. The van der Waals surface area contributed by atoms with E-state index in [9.17, 15) is 4.79 Å². The van der Waals surface area contributed by atoms with Gasteiger partial charge in [-0.25, -0.2) is 0 Å². The fourth-order valence-electron chi connectivity index (χ4n) is 2.29. The van der Waals surface area contributed by atoms with Crippen LogP contribution in [0, 0.1) is 0 Å². The molecule has 0 radical (unpaired) electrons. The molecule has 21 heavy (non-hydrogen) atoms. The Bertz CT molecular complexity index is 824. The van der Waals surface area contributed by atoms with Gasteiger partial charge in [-0.2, -0.15) is 0 Å². The number of H-pyrrole nitrogens is 1. The molecule has 0 aliphatic rings. The molecule has 0 unspecified atom stereocenters. The quantitative estimate of drug-likeness (QED) is 0.772. The van der Waals surface area contributed by atoms with E-state index in [1.165, 1.54) is 0 Å². The highest BCUT2D eigenvalue weighted by Gasteiger charge is 2.04. The lowest BCUT2D eigenvalue weighted by Gasteiger charge is -2.08. The highest BCUT2D eigenvalue weighted by Crippen LogP contribution is 2.22. The van der Waals surface area contributed by atoms with Gasteiger partial charge >= 0.3 is 0 Å². The minimum Gasteiger partial charge on any atom is -0.441 e. The van der Waals surface area contributed by atoms with E-state index in [1.54, 1.807) is 6.07 Å². The third-order valence-corrected chi connectivity index (χ3v) is 3.24. The summed E-state index contributed by atoms with van der Waals surface area (Å²) in [4.78, 5) is 14.8. The van der Waals surface area contributed by atoms with Crippen LogP contribution in [0.4, 0.5) is 0 Å². The van der Waals surface area contributed by atoms with Crippen LogP contribution in [0.2, 0.25) is 0 Å². The van der Waals surface area contributed by atoms with Gasteiger partial charge in [0.15, 0.2) is 0 Å². The van der Waals surface area contributed by atoms with Crippen LogP contribution in [0.3, 0.4) is 0 Å². The molecule has 0 fully saturated rings. The molecule has 0 saturated heterocycles. The maximum atomic E-state index is 12.0. The van der Waals surface area contributed by atoms with Gasteiger partial charge < -0.3 is 10.1 Å². The lowest BCUT2D eigenvalue weighted by atomic mass is 10.2. The van der Waals surface area contributed by atoms with Gasteiger partial charge in [0.05, 0.1) is 0 Å². The van der Waals surface area contributed by atoms with Gasteiger partial charge in [-0.15, -0.1) is 0 Å². The second-order valence-electron chi connectivity index (χ2n) is 4.83. The maximum Gasteiger partial charge on any atom is 0.258 e. The number of ether oxygens (including phenoxy) is 1. The standard InChI is InChI=1S/C17H16N2O2/c1-18-11-12-5-4-7-14(9-12)21-16-10-13-6-2-3-8-15(13)17(20)19-16/h2-10,18H,11H2,1H3,(H,19,20). The molecule has 0 atom stereocenters. The lowest BCUT2D eigenvalue weighted by molar-refractivity contribution is 0.462. The third-order valence-electron chi connectivity index (χ3n) is 3.24. The lowest BCUT2D eigenvalue weighted by Crippen LogP contribution is -2.07. The Morgan fingerprint density at radius 1 is 1.10 bits per heavy atom. The van der Waals surface area contributed by atoms with Crippen molar-refractivity contribution in [3.05, 3.63) is 70.5 Å². The molecular formula is C17H16N2O2. The van der Waals surface area contributed by atoms with E-state index in [1.807, 2.05) is 55.6 Å². The van der Waals surface area contributed by atoms with Gasteiger partial charge in [-0.1, -0.05) is 30.3 Å². The maximum absolute atomic E-state index is 12.0. The van der Waals surface area contributed by atoms with E-state index in [0.29, 0.717) is 17.0 Å². The summed E-state index contributed by atoms with van der Waals surface area (Å²) in [6.45, 7) is 0.769. The molecule has 1 heterocycles. The first-order chi connectivity index (χ1) is 10.3. The normalized spacial score (nSPS) is 10.7. The van der Waals surface area contributed by atoms with Crippen LogP contribution in [-0.2, 0) is 6.54 Å². The van der Waals surface area contributed by atoms with Crippen molar-refractivity contribution in [3.63, 3.8) is 0 Å². The first-order valence-electron chi connectivity index (χ1n) is 6.80. The molecule has 106 valence electrons. The number of pyridine rings is 1. The van der Waals surface area contributed by atoms with Gasteiger partial charge in [0.1, 0.15) is 5.75 Å². The minimum atomic E-state index is -0.144. The molecular weight excluding hydrogens is 264 g/mol. The van der Waals surface area contributed by atoms with Crippen LogP contribution in [0.15, 0.2) is 59.4 Å². The average molecular weight is 280 g/mol. The third kappa shape index (κ3) is 2.95. The highest BCUT2D eigenvalue weighted by atomic mass is 16.5. The van der Waals surface area contributed by atoms with Crippen molar-refractivity contribution in [1.82, 2.24) is 10.3 Å². The number of fused-ring (bicyclic) bond motifs is 1. The number of hydrogen-bond donors (Lipinski definition) is 2. The van der Waals surface area contributed by atoms with Crippen molar-refractivity contribution in [2.45, 2.75) is 6.54 Å². The Hall–Kier alpha value is -2.59. The van der Waals surface area contributed by atoms with Crippen molar-refractivity contribution in [2.24, 2.45) is 0 Å². The van der Waals surface area contributed by atoms with Crippen LogP contribution in [0.5, 0.6) is 11.6 Å². The number of aromatic nitrogens is 1. The summed E-state index contributed by atoms with van der Waals surface area (Å²) >= 11 is 0. The Morgan fingerprint density at radius 3 is 2.81 bits per heavy atom. The predicted molar refractivity (Wildman–Crippen MR) is 83.8 cm³/mol. The molecule has 0 aliphatic carbocycles. The number of rotatable bonds is 4. The van der Waals surface area contributed by atoms with Crippen LogP contribution in [-0.4, -0.2) is 12.0 Å². The zero-order valence-electron chi connectivity index (χ0n) is 11.7. The van der Waals surface area contributed by atoms with E-state index < -0.39 is 0 Å². The van der Waals surface area contributed by atoms with E-state index in [-0.39, 0.29) is 5.56 Å². The smallest absolute Gasteiger partial charge is 0.258 e. The predicted octanol–water partition coefficient (Wildman–Crippen LogP) is 3.04. The summed E-state index contributed by atoms with van der Waals surface area (Å²) in [7, 11) is 1.90. The number of aromatic amines is 1. The monoisotopic (exact) mass is 280 g/mol. The largest absolute Gasteiger partial charge is 0.441 e. The summed E-state index contributed by atoms with van der Waals surface area (Å²) in [5.74, 6) is 1.15. The Labute approximate surface area is 122 Å². The van der Waals surface area contributed by atoms with Crippen LogP contribution in [0.25, 0.3) is 10.8 Å². The number of benzene rings is 2. The second kappa shape index (κ2) is 5.81. The molecule has 3 aromatic rings. The molecule has 2 aromatic carbocycles. The van der Waals surface area contributed by atoms with Gasteiger partial charge in [0.25, 0.3) is 5.56 Å². The summed E-state index contributed by atoms with van der Waals surface area (Å²) in [5, 5.41) is 4.62. The van der Waals surface area contributed by atoms with Crippen molar-refractivity contribution in [3.8, 4) is 11.6 Å². The minimum absolute atomic E-state index is 0.144. The molecule has 4 heteroatoms. The van der Waals surface area contributed by atoms with Crippen LogP contribution >= 0.6 is 0 Å². The van der Waals surface area contributed by atoms with E-state index in [4.69, 9.17) is 4.74 Å². The number of hydrogen-bond acceptors (Lipinski definition) is 3. The zero-order valence-corrected chi connectivity index (χ0v) is 11.7. The molecule has 4 nitrogen and oxygen atoms in total. The fraction of sp³-hybridized carbons (Fsp3) is 0.118. The van der Waals surface area contributed by atoms with Crippen molar-refractivity contribution >= 4 is 10.8 Å². The van der Waals surface area contributed by atoms with Gasteiger partial charge in [0.2, 0.25) is 5.88 Å². The molecule has 2 N–H and O–H groups in total. The Morgan fingerprint density at radius 2 is 1.95 bits per heavy atom. The van der Waals surface area contributed by atoms with E-state index in [0.717, 1.165) is 17.5 Å². The Kier molecular flexibility index (Phi) is 3.71. The summed E-state index contributed by atoms with van der Waals surface area (Å²) in [5.41, 5.74) is 0.979. The first kappa shape index (κ1) is 13.4. The zero-order chi connectivity index (χ0) is 14.7. The fourth-order valence-corrected chi connectivity index (χ4v) is 2.29. The van der Waals surface area contributed by atoms with Gasteiger partial charge in [0, 0.05) is 18.0 Å². The molecule has 0 bridgehead atoms. The molecule has 3 rings (SSSR count). The number of nitrogens with one attached hydrogen (secondary N) is 2. The molecule has 0 amide bonds. The molecule has 0 spiro atoms. The molecule has 1 aromatic heterocycles. The van der Waals surface area contributed by atoms with Crippen LogP contribution in [0.1, 0.15) is 5.56 Å². The summed E-state index contributed by atoms with van der Waals surface area (Å²) < 4.78 is 5.77. The van der Waals surface area contributed by atoms with E-state index in [2.05, 4.69) is 10.3 Å². The van der Waals surface area contributed by atoms with Crippen molar-refractivity contribution in [2.75, 3.05) is 7.05 Å². The first-order valence-corrected chi connectivity index (χ1v) is 6.80. The second-order valence-corrected chi connectivity index (χ2v) is 4.83. The van der Waals surface area contributed by atoms with Gasteiger partial charge in [-0.3, -0.25) is 9.78 Å².